The van der Waals surface area contributed by atoms with Crippen molar-refractivity contribution in [2.75, 3.05) is 58.0 Å². The highest BCUT2D eigenvalue weighted by atomic mass is 35.5. The van der Waals surface area contributed by atoms with E-state index in [1.54, 1.807) is 30.2 Å². The van der Waals surface area contributed by atoms with Crippen LogP contribution < -0.4 is 14.4 Å². The van der Waals surface area contributed by atoms with Crippen LogP contribution in [-0.2, 0) is 4.74 Å². The molecule has 1 saturated heterocycles. The second-order valence-corrected chi connectivity index (χ2v) is 9.44. The number of ether oxygens (including phenoxy) is 3. The van der Waals surface area contributed by atoms with Crippen molar-refractivity contribution < 1.29 is 23.4 Å². The normalized spacial score (nSPS) is 14.5. The van der Waals surface area contributed by atoms with Gasteiger partial charge in [-0.2, -0.15) is 0 Å². The van der Waals surface area contributed by atoms with Crippen LogP contribution >= 0.6 is 22.9 Å². The lowest BCUT2D eigenvalue weighted by Crippen LogP contribution is -2.43. The van der Waals surface area contributed by atoms with Gasteiger partial charge in [-0.3, -0.25) is 14.6 Å². The Hall–Kier alpha value is -2.85. The smallest absolute Gasteiger partial charge is 0.295 e. The molecule has 35 heavy (non-hydrogen) atoms. The number of nitrogens with zero attached hydrogens (tertiary/aromatic N) is 3. The maximum absolute atomic E-state index is 13.8. The van der Waals surface area contributed by atoms with Gasteiger partial charge in [0.25, 0.3) is 5.91 Å². The minimum atomic E-state index is -0.272. The van der Waals surface area contributed by atoms with Gasteiger partial charge in [0.15, 0.2) is 22.2 Å². The van der Waals surface area contributed by atoms with Crippen LogP contribution in [-0.4, -0.2) is 68.9 Å². The lowest BCUT2D eigenvalue weighted by molar-refractivity contribution is 0.0390. The number of halogens is 1. The first kappa shape index (κ1) is 23.9. The molecule has 8 nitrogen and oxygen atoms in total. The summed E-state index contributed by atoms with van der Waals surface area (Å²) in [6.07, 6.45) is 0. The van der Waals surface area contributed by atoms with E-state index in [0.717, 1.165) is 23.2 Å². The maximum atomic E-state index is 13.8. The van der Waals surface area contributed by atoms with E-state index < -0.39 is 0 Å². The number of methoxy groups -OCH3 is 1. The van der Waals surface area contributed by atoms with Crippen molar-refractivity contribution in [3.8, 4) is 11.5 Å². The van der Waals surface area contributed by atoms with Crippen LogP contribution in [0.15, 0.2) is 40.8 Å². The zero-order valence-corrected chi connectivity index (χ0v) is 21.2. The van der Waals surface area contributed by atoms with Crippen LogP contribution in [0.5, 0.6) is 11.5 Å². The van der Waals surface area contributed by atoms with Gasteiger partial charge in [-0.15, -0.1) is 0 Å². The molecule has 0 aliphatic carbocycles. The highest BCUT2D eigenvalue weighted by Crippen LogP contribution is 2.39. The highest BCUT2D eigenvalue weighted by Gasteiger charge is 2.27. The van der Waals surface area contributed by atoms with E-state index in [0.29, 0.717) is 65.7 Å². The number of benzene rings is 2. The molecule has 5 rings (SSSR count). The highest BCUT2D eigenvalue weighted by molar-refractivity contribution is 7.23. The standard InChI is InChI=1S/C25H26ClN3O5S/c1-3-33-19-6-4-5-16-15-20(34-22(16)19)24(30)29(10-9-28-11-13-32-14-12-28)25-27-21-18(31-2)8-7-17(26)23(21)35-25/h4-8,15H,3,9-14H2,1-2H3. The monoisotopic (exact) mass is 515 g/mol. The van der Waals surface area contributed by atoms with Crippen molar-refractivity contribution in [2.45, 2.75) is 6.92 Å². The van der Waals surface area contributed by atoms with Gasteiger partial charge in [0.1, 0.15) is 11.3 Å². The fourth-order valence-electron chi connectivity index (χ4n) is 4.12. The maximum Gasteiger partial charge on any atom is 0.295 e. The van der Waals surface area contributed by atoms with E-state index >= 15 is 0 Å². The van der Waals surface area contributed by atoms with Crippen LogP contribution in [0.25, 0.3) is 21.2 Å². The molecule has 0 unspecified atom stereocenters. The van der Waals surface area contributed by atoms with Crippen LogP contribution in [0.2, 0.25) is 5.02 Å². The van der Waals surface area contributed by atoms with Crippen molar-refractivity contribution in [2.24, 2.45) is 0 Å². The third kappa shape index (κ3) is 4.81. The average molecular weight is 516 g/mol. The fourth-order valence-corrected chi connectivity index (χ4v) is 5.40. The summed E-state index contributed by atoms with van der Waals surface area (Å²) >= 11 is 7.82. The molecule has 0 atom stereocenters. The molecule has 1 amide bonds. The number of anilines is 1. The quantitative estimate of drug-likeness (QED) is 0.324. The summed E-state index contributed by atoms with van der Waals surface area (Å²) < 4.78 is 23.4. The number of furan rings is 1. The van der Waals surface area contributed by atoms with Gasteiger partial charge < -0.3 is 18.6 Å². The number of para-hydroxylation sites is 1. The van der Waals surface area contributed by atoms with Crippen LogP contribution in [0.3, 0.4) is 0 Å². The first-order valence-corrected chi connectivity index (χ1v) is 12.7. The fraction of sp³-hybridized carbons (Fsp3) is 0.360. The number of thiazole rings is 1. The number of carbonyl (C=O) groups excluding carboxylic acids is 1. The summed E-state index contributed by atoms with van der Waals surface area (Å²) in [5, 5.41) is 1.91. The molecular formula is C25H26ClN3O5S. The largest absolute Gasteiger partial charge is 0.494 e. The third-order valence-electron chi connectivity index (χ3n) is 5.91. The number of aromatic nitrogens is 1. The van der Waals surface area contributed by atoms with Crippen molar-refractivity contribution >= 4 is 55.2 Å². The Morgan fingerprint density at radius 1 is 1.23 bits per heavy atom. The summed E-state index contributed by atoms with van der Waals surface area (Å²) in [7, 11) is 1.59. The van der Waals surface area contributed by atoms with E-state index in [9.17, 15) is 4.79 Å². The number of rotatable bonds is 8. The Morgan fingerprint density at radius 2 is 2.06 bits per heavy atom. The van der Waals surface area contributed by atoms with Crippen LogP contribution in [0.4, 0.5) is 5.13 Å². The summed E-state index contributed by atoms with van der Waals surface area (Å²) in [5.41, 5.74) is 1.19. The molecule has 0 N–H and O–H groups in total. The van der Waals surface area contributed by atoms with E-state index in [4.69, 9.17) is 35.2 Å². The first-order valence-electron chi connectivity index (χ1n) is 11.5. The average Bonchev–Trinajstić information content (AvgIpc) is 3.51. The van der Waals surface area contributed by atoms with Crippen LogP contribution in [0.1, 0.15) is 17.5 Å². The Labute approximate surface area is 211 Å². The summed E-state index contributed by atoms with van der Waals surface area (Å²) in [6, 6.07) is 10.9. The van der Waals surface area contributed by atoms with E-state index in [1.165, 1.54) is 11.3 Å². The molecule has 0 spiro atoms. The molecule has 1 aliphatic rings. The number of hydrogen-bond donors (Lipinski definition) is 0. The van der Waals surface area contributed by atoms with Crippen LogP contribution in [0, 0.1) is 0 Å². The molecule has 4 aromatic rings. The van der Waals surface area contributed by atoms with Crippen molar-refractivity contribution in [1.29, 1.82) is 0 Å². The molecule has 3 heterocycles. The minimum absolute atomic E-state index is 0.228. The summed E-state index contributed by atoms with van der Waals surface area (Å²) in [6.45, 7) is 6.55. The van der Waals surface area contributed by atoms with Gasteiger partial charge in [0.2, 0.25) is 0 Å². The molecule has 2 aromatic carbocycles. The number of fused-ring (bicyclic) bond motifs is 2. The molecule has 2 aromatic heterocycles. The summed E-state index contributed by atoms with van der Waals surface area (Å²) in [4.78, 5) is 22.5. The summed E-state index contributed by atoms with van der Waals surface area (Å²) in [5.74, 6) is 1.18. The minimum Gasteiger partial charge on any atom is -0.494 e. The number of amides is 1. The van der Waals surface area contributed by atoms with Crippen molar-refractivity contribution in [3.05, 3.63) is 47.2 Å². The van der Waals surface area contributed by atoms with E-state index in [2.05, 4.69) is 4.90 Å². The Kier molecular flexibility index (Phi) is 7.10. The second-order valence-electron chi connectivity index (χ2n) is 8.05. The van der Waals surface area contributed by atoms with Gasteiger partial charge in [-0.1, -0.05) is 35.1 Å². The van der Waals surface area contributed by atoms with Gasteiger partial charge in [-0.25, -0.2) is 4.98 Å². The lowest BCUT2D eigenvalue weighted by atomic mass is 10.2. The lowest BCUT2D eigenvalue weighted by Gasteiger charge is -2.28. The van der Waals surface area contributed by atoms with Gasteiger partial charge >= 0.3 is 0 Å². The van der Waals surface area contributed by atoms with Crippen molar-refractivity contribution in [3.63, 3.8) is 0 Å². The Morgan fingerprint density at radius 3 is 2.83 bits per heavy atom. The van der Waals surface area contributed by atoms with E-state index in [-0.39, 0.29) is 11.7 Å². The number of hydrogen-bond acceptors (Lipinski definition) is 8. The molecule has 184 valence electrons. The molecule has 1 fully saturated rings. The van der Waals surface area contributed by atoms with Gasteiger partial charge in [-0.05, 0) is 31.2 Å². The number of morpholine rings is 1. The molecule has 0 radical (unpaired) electrons. The Balaban J connectivity index is 1.53. The molecule has 0 bridgehead atoms. The molecule has 0 saturated carbocycles. The zero-order chi connectivity index (χ0) is 24.4. The molecular weight excluding hydrogens is 490 g/mol. The second kappa shape index (κ2) is 10.4. The zero-order valence-electron chi connectivity index (χ0n) is 19.6. The van der Waals surface area contributed by atoms with Crippen molar-refractivity contribution in [1.82, 2.24) is 9.88 Å². The predicted octanol–water partition coefficient (Wildman–Crippen LogP) is 5.08. The van der Waals surface area contributed by atoms with Gasteiger partial charge in [0.05, 0.1) is 36.7 Å². The molecule has 10 heteroatoms. The van der Waals surface area contributed by atoms with E-state index in [1.807, 2.05) is 25.1 Å². The Bertz CT molecular complexity index is 1350. The first-order chi connectivity index (χ1) is 17.1. The molecule has 1 aliphatic heterocycles. The SMILES string of the molecule is CCOc1cccc2cc(C(=O)N(CCN3CCOCC3)c3nc4c(OC)ccc(Cl)c4s3)oc12. The predicted molar refractivity (Wildman–Crippen MR) is 138 cm³/mol. The topological polar surface area (TPSA) is 77.3 Å². The van der Waals surface area contributed by atoms with Gasteiger partial charge in [0, 0.05) is 31.6 Å². The number of carbonyl (C=O) groups is 1. The third-order valence-corrected chi connectivity index (χ3v) is 7.44.